The van der Waals surface area contributed by atoms with Gasteiger partial charge in [0.15, 0.2) is 5.69 Å². The molecule has 0 atom stereocenters. The van der Waals surface area contributed by atoms with Crippen LogP contribution in [0.1, 0.15) is 0 Å². The van der Waals surface area contributed by atoms with Gasteiger partial charge >= 0.3 is 6.03 Å². The number of hydrogen-bond donors (Lipinski definition) is 3. The van der Waals surface area contributed by atoms with E-state index in [1.54, 1.807) is 18.2 Å². The molecule has 0 saturated heterocycles. The van der Waals surface area contributed by atoms with E-state index < -0.39 is 16.1 Å². The summed E-state index contributed by atoms with van der Waals surface area (Å²) in [5.41, 5.74) is 1.30. The minimum absolute atomic E-state index is 0.0387. The van der Waals surface area contributed by atoms with Crippen molar-refractivity contribution in [2.45, 2.75) is 4.90 Å². The lowest BCUT2D eigenvalue weighted by Crippen LogP contribution is -2.19. The van der Waals surface area contributed by atoms with Gasteiger partial charge in [0.2, 0.25) is 10.0 Å². The monoisotopic (exact) mass is 316 g/mol. The summed E-state index contributed by atoms with van der Waals surface area (Å²) in [5, 5.41) is 10.1. The largest absolute Gasteiger partial charge is 0.323 e. The Hall–Kier alpha value is -2.89. The van der Waals surface area contributed by atoms with Crippen molar-refractivity contribution in [1.29, 1.82) is 0 Å². The highest BCUT2D eigenvalue weighted by Crippen LogP contribution is 2.18. The third-order valence-electron chi connectivity index (χ3n) is 2.67. The van der Waals surface area contributed by atoms with Gasteiger partial charge in [0, 0.05) is 11.4 Å². The maximum absolute atomic E-state index is 11.8. The molecule has 0 aliphatic carbocycles. The fourth-order valence-corrected chi connectivity index (χ4v) is 2.19. The Labute approximate surface area is 127 Å². The Kier molecular flexibility index (Phi) is 4.41. The molecule has 0 saturated carbocycles. The zero-order valence-corrected chi connectivity index (χ0v) is 12.1. The lowest BCUT2D eigenvalue weighted by Gasteiger charge is -2.08. The summed E-state index contributed by atoms with van der Waals surface area (Å²) in [6, 6.07) is 11.4. The molecule has 2 rings (SSSR count). The molecule has 8 heteroatoms. The Morgan fingerprint density at radius 1 is 1.05 bits per heavy atom. The number of carbonyl (C=O) groups is 1. The van der Waals surface area contributed by atoms with Crippen LogP contribution in [0.5, 0.6) is 0 Å². The van der Waals surface area contributed by atoms with E-state index in [0.717, 1.165) is 0 Å². The number of benzene rings is 2. The van der Waals surface area contributed by atoms with Crippen LogP contribution in [0.4, 0.5) is 21.9 Å². The van der Waals surface area contributed by atoms with Crippen LogP contribution < -0.4 is 15.8 Å². The Morgan fingerprint density at radius 2 is 1.68 bits per heavy atom. The van der Waals surface area contributed by atoms with Gasteiger partial charge in [-0.3, -0.25) is 0 Å². The number of carbonyl (C=O) groups excluding carboxylic acids is 1. The van der Waals surface area contributed by atoms with Crippen LogP contribution in [0.25, 0.3) is 4.85 Å². The summed E-state index contributed by atoms with van der Waals surface area (Å²) < 4.78 is 22.2. The van der Waals surface area contributed by atoms with Crippen molar-refractivity contribution in [3.8, 4) is 0 Å². The van der Waals surface area contributed by atoms with Crippen LogP contribution >= 0.6 is 0 Å². The van der Waals surface area contributed by atoms with Crippen molar-refractivity contribution >= 4 is 33.1 Å². The van der Waals surface area contributed by atoms with Gasteiger partial charge in [-0.2, -0.15) is 0 Å². The first-order chi connectivity index (χ1) is 10.4. The molecule has 0 radical (unpaired) electrons. The molecule has 112 valence electrons. The molecule has 0 fully saturated rings. The van der Waals surface area contributed by atoms with Gasteiger partial charge in [0.25, 0.3) is 0 Å². The van der Waals surface area contributed by atoms with Gasteiger partial charge in [-0.05, 0) is 36.4 Å². The average Bonchev–Trinajstić information content (AvgIpc) is 2.47. The Balaban J connectivity index is 2.04. The van der Waals surface area contributed by atoms with Gasteiger partial charge in [0.05, 0.1) is 11.5 Å². The summed E-state index contributed by atoms with van der Waals surface area (Å²) in [7, 11) is -3.76. The molecule has 0 spiro atoms. The number of anilines is 2. The molecule has 0 unspecified atom stereocenters. The molecule has 0 heterocycles. The van der Waals surface area contributed by atoms with Crippen LogP contribution in [0.3, 0.4) is 0 Å². The van der Waals surface area contributed by atoms with Crippen molar-refractivity contribution < 1.29 is 13.2 Å². The van der Waals surface area contributed by atoms with Crippen LogP contribution in [-0.2, 0) is 10.0 Å². The van der Waals surface area contributed by atoms with E-state index in [1.807, 2.05) is 0 Å². The molecule has 2 amide bonds. The number of rotatable bonds is 3. The van der Waals surface area contributed by atoms with Crippen molar-refractivity contribution in [1.82, 2.24) is 0 Å². The Morgan fingerprint density at radius 3 is 2.27 bits per heavy atom. The first-order valence-corrected chi connectivity index (χ1v) is 7.61. The normalized spacial score (nSPS) is 10.5. The zero-order chi connectivity index (χ0) is 16.2. The standard InChI is InChI=1S/C14H12N4O3S/c1-16-11-3-2-4-12(9-11)18-14(19)17-10-5-7-13(8-6-10)22(15,20)21/h2-9H,(H2,15,20,21)(H2,17,18,19). The minimum Gasteiger partial charge on any atom is -0.309 e. The number of hydrogen-bond acceptors (Lipinski definition) is 3. The van der Waals surface area contributed by atoms with Crippen molar-refractivity contribution in [2.24, 2.45) is 5.14 Å². The topological polar surface area (TPSA) is 106 Å². The first-order valence-electron chi connectivity index (χ1n) is 6.07. The van der Waals surface area contributed by atoms with Gasteiger partial charge < -0.3 is 10.6 Å². The predicted molar refractivity (Wildman–Crippen MR) is 83.2 cm³/mol. The van der Waals surface area contributed by atoms with Crippen LogP contribution in [0.15, 0.2) is 53.4 Å². The number of nitrogens with two attached hydrogens (primary N) is 1. The Bertz CT molecular complexity index is 839. The van der Waals surface area contributed by atoms with Crippen LogP contribution in [-0.4, -0.2) is 14.4 Å². The average molecular weight is 316 g/mol. The smallest absolute Gasteiger partial charge is 0.309 e. The molecular formula is C14H12N4O3S. The van der Waals surface area contributed by atoms with E-state index in [0.29, 0.717) is 17.1 Å². The number of sulfonamides is 1. The summed E-state index contributed by atoms with van der Waals surface area (Å²) in [5.74, 6) is 0. The van der Waals surface area contributed by atoms with Crippen molar-refractivity contribution in [3.63, 3.8) is 0 Å². The van der Waals surface area contributed by atoms with E-state index in [4.69, 9.17) is 11.7 Å². The lowest BCUT2D eigenvalue weighted by molar-refractivity contribution is 0.262. The van der Waals surface area contributed by atoms with Crippen molar-refractivity contribution in [2.75, 3.05) is 10.6 Å². The van der Waals surface area contributed by atoms with Gasteiger partial charge in [-0.25, -0.2) is 23.2 Å². The molecule has 7 nitrogen and oxygen atoms in total. The second kappa shape index (κ2) is 6.26. The molecule has 22 heavy (non-hydrogen) atoms. The summed E-state index contributed by atoms with van der Waals surface area (Å²) in [6.07, 6.45) is 0. The first kappa shape index (κ1) is 15.5. The second-order valence-corrected chi connectivity index (χ2v) is 5.87. The zero-order valence-electron chi connectivity index (χ0n) is 11.3. The third-order valence-corrected chi connectivity index (χ3v) is 3.60. The highest BCUT2D eigenvalue weighted by molar-refractivity contribution is 7.89. The number of primary sulfonamides is 1. The van der Waals surface area contributed by atoms with E-state index in [1.165, 1.54) is 30.3 Å². The maximum atomic E-state index is 11.8. The van der Waals surface area contributed by atoms with E-state index in [9.17, 15) is 13.2 Å². The number of amides is 2. The number of urea groups is 1. The molecule has 0 bridgehead atoms. The van der Waals surface area contributed by atoms with E-state index >= 15 is 0 Å². The summed E-state index contributed by atoms with van der Waals surface area (Å²) >= 11 is 0. The minimum atomic E-state index is -3.76. The molecule has 0 aliphatic heterocycles. The molecule has 0 aliphatic rings. The molecular weight excluding hydrogens is 304 g/mol. The van der Waals surface area contributed by atoms with E-state index in [2.05, 4.69) is 15.5 Å². The molecule has 0 aromatic heterocycles. The van der Waals surface area contributed by atoms with E-state index in [-0.39, 0.29) is 4.90 Å². The maximum Gasteiger partial charge on any atom is 0.323 e. The molecule has 2 aromatic rings. The summed E-state index contributed by atoms with van der Waals surface area (Å²) in [6.45, 7) is 6.91. The number of nitrogens with zero attached hydrogens (tertiary/aromatic N) is 1. The molecule has 2 aromatic carbocycles. The van der Waals surface area contributed by atoms with Crippen LogP contribution in [0, 0.1) is 6.57 Å². The van der Waals surface area contributed by atoms with Crippen molar-refractivity contribution in [3.05, 3.63) is 59.9 Å². The SMILES string of the molecule is [C-]#[N+]c1cccc(NC(=O)Nc2ccc(S(N)(=O)=O)cc2)c1. The van der Waals surface area contributed by atoms with Crippen LogP contribution in [0.2, 0.25) is 0 Å². The lowest BCUT2D eigenvalue weighted by atomic mass is 10.3. The van der Waals surface area contributed by atoms with Gasteiger partial charge in [0.1, 0.15) is 0 Å². The number of nitrogens with one attached hydrogen (secondary N) is 2. The third kappa shape index (κ3) is 4.05. The quantitative estimate of drug-likeness (QED) is 0.757. The van der Waals surface area contributed by atoms with Gasteiger partial charge in [-0.1, -0.05) is 12.1 Å². The van der Waals surface area contributed by atoms with Gasteiger partial charge in [-0.15, -0.1) is 0 Å². The predicted octanol–water partition coefficient (Wildman–Crippen LogP) is 2.53. The fourth-order valence-electron chi connectivity index (χ4n) is 1.67. The highest BCUT2D eigenvalue weighted by atomic mass is 32.2. The molecule has 4 N–H and O–H groups in total. The fraction of sp³-hybridized carbons (Fsp3) is 0. The summed E-state index contributed by atoms with van der Waals surface area (Å²) in [4.78, 5) is 15.0. The second-order valence-electron chi connectivity index (χ2n) is 4.31. The highest BCUT2D eigenvalue weighted by Gasteiger charge is 2.08.